The molecule has 1 aromatic carbocycles. The quantitative estimate of drug-likeness (QED) is 0.718. The number of rotatable bonds is 4. The zero-order valence-electron chi connectivity index (χ0n) is 8.26. The Balaban J connectivity index is 3.06. The van der Waals surface area contributed by atoms with Crippen LogP contribution in [0.25, 0.3) is 0 Å². The van der Waals surface area contributed by atoms with Crippen LogP contribution in [0, 0.1) is 11.3 Å². The molecule has 1 aromatic rings. The molecule has 0 fully saturated rings. The Hall–Kier alpha value is -1.57. The van der Waals surface area contributed by atoms with E-state index < -0.39 is 12.9 Å². The lowest BCUT2D eigenvalue weighted by atomic mass is 10.0. The Morgan fingerprint density at radius 2 is 1.81 bits per heavy atom. The summed E-state index contributed by atoms with van der Waals surface area (Å²) in [7, 11) is 0. The van der Waals surface area contributed by atoms with Crippen LogP contribution in [-0.2, 0) is 6.42 Å². The summed E-state index contributed by atoms with van der Waals surface area (Å²) in [5.74, 6) is 0. The molecule has 0 aromatic heterocycles. The largest absolute Gasteiger partial charge is 0.264 e. The Labute approximate surface area is 90.3 Å². The summed E-state index contributed by atoms with van der Waals surface area (Å²) in [5, 5.41) is 8.35. The van der Waals surface area contributed by atoms with Crippen LogP contribution < -0.4 is 0 Å². The minimum atomic E-state index is -2.71. The van der Waals surface area contributed by atoms with Crippen molar-refractivity contribution in [2.45, 2.75) is 25.7 Å². The predicted octanol–water partition coefficient (Wildman–Crippen LogP) is 4.02. The zero-order chi connectivity index (χ0) is 12.1. The average Bonchev–Trinajstić information content (AvgIpc) is 2.25. The summed E-state index contributed by atoms with van der Waals surface area (Å²) < 4.78 is 49.7. The number of hydrogen-bond acceptors (Lipinski definition) is 1. The molecule has 0 aliphatic carbocycles. The van der Waals surface area contributed by atoms with Crippen molar-refractivity contribution < 1.29 is 17.6 Å². The number of halogens is 4. The maximum absolute atomic E-state index is 12.5. The minimum Gasteiger partial charge on any atom is -0.205 e. The van der Waals surface area contributed by atoms with Crippen LogP contribution in [0.1, 0.15) is 36.0 Å². The molecule has 5 heteroatoms. The van der Waals surface area contributed by atoms with Gasteiger partial charge in [-0.3, -0.25) is 0 Å². The topological polar surface area (TPSA) is 23.8 Å². The van der Waals surface area contributed by atoms with Gasteiger partial charge in [-0.25, -0.2) is 17.6 Å². The van der Waals surface area contributed by atoms with Gasteiger partial charge in [0.05, 0.1) is 6.07 Å². The summed E-state index contributed by atoms with van der Waals surface area (Å²) in [6.07, 6.45) is -5.30. The third-order valence-electron chi connectivity index (χ3n) is 2.16. The molecule has 0 amide bonds. The van der Waals surface area contributed by atoms with Gasteiger partial charge in [0, 0.05) is 17.5 Å². The summed E-state index contributed by atoms with van der Waals surface area (Å²) >= 11 is 0. The number of alkyl halides is 4. The number of benzene rings is 1. The van der Waals surface area contributed by atoms with Crippen LogP contribution in [0.4, 0.5) is 17.6 Å². The number of hydrogen-bond donors (Lipinski definition) is 0. The molecule has 0 atom stereocenters. The molecule has 16 heavy (non-hydrogen) atoms. The van der Waals surface area contributed by atoms with Gasteiger partial charge in [-0.15, -0.1) is 0 Å². The van der Waals surface area contributed by atoms with E-state index in [1.165, 1.54) is 0 Å². The Morgan fingerprint density at radius 3 is 2.31 bits per heavy atom. The predicted molar refractivity (Wildman–Crippen MR) is 50.3 cm³/mol. The first-order valence-corrected chi connectivity index (χ1v) is 4.62. The fraction of sp³-hybridized carbons (Fsp3) is 0.364. The summed E-state index contributed by atoms with van der Waals surface area (Å²) in [6.45, 7) is 0. The number of aryl methyl sites for hydroxylation is 1. The van der Waals surface area contributed by atoms with E-state index in [9.17, 15) is 17.6 Å². The molecule has 0 radical (unpaired) electrons. The first-order valence-electron chi connectivity index (χ1n) is 4.62. The maximum atomic E-state index is 12.5. The lowest BCUT2D eigenvalue weighted by Gasteiger charge is -2.09. The Kier molecular flexibility index (Phi) is 4.29. The number of nitriles is 1. The second-order valence-corrected chi connectivity index (χ2v) is 3.22. The first kappa shape index (κ1) is 12.5. The molecule has 0 heterocycles. The normalized spacial score (nSPS) is 10.8. The van der Waals surface area contributed by atoms with E-state index in [-0.39, 0.29) is 29.5 Å². The molecule has 0 bridgehead atoms. The van der Waals surface area contributed by atoms with Gasteiger partial charge in [-0.05, 0) is 18.1 Å². The Bertz CT molecular complexity index is 395. The van der Waals surface area contributed by atoms with E-state index >= 15 is 0 Å². The van der Waals surface area contributed by atoms with Gasteiger partial charge in [0.2, 0.25) is 0 Å². The van der Waals surface area contributed by atoms with Crippen LogP contribution in [-0.4, -0.2) is 0 Å². The minimum absolute atomic E-state index is 0.0341. The van der Waals surface area contributed by atoms with E-state index in [2.05, 4.69) is 0 Å². The number of nitrogens with zero attached hydrogens (tertiary/aromatic N) is 1. The van der Waals surface area contributed by atoms with E-state index in [1.54, 1.807) is 6.07 Å². The fourth-order valence-electron chi connectivity index (χ4n) is 1.38. The Morgan fingerprint density at radius 1 is 1.12 bits per heavy atom. The maximum Gasteiger partial charge on any atom is 0.264 e. The van der Waals surface area contributed by atoms with Crippen molar-refractivity contribution in [1.82, 2.24) is 0 Å². The highest BCUT2D eigenvalue weighted by atomic mass is 19.3. The van der Waals surface area contributed by atoms with Gasteiger partial charge in [-0.1, -0.05) is 12.1 Å². The lowest BCUT2D eigenvalue weighted by Crippen LogP contribution is -1.97. The van der Waals surface area contributed by atoms with Gasteiger partial charge in [0.25, 0.3) is 12.9 Å². The highest BCUT2D eigenvalue weighted by molar-refractivity contribution is 5.34. The first-order chi connectivity index (χ1) is 7.56. The monoisotopic (exact) mass is 231 g/mol. The van der Waals surface area contributed by atoms with Crippen molar-refractivity contribution in [3.63, 3.8) is 0 Å². The van der Waals surface area contributed by atoms with E-state index in [0.717, 1.165) is 18.2 Å². The van der Waals surface area contributed by atoms with Crippen molar-refractivity contribution in [1.29, 1.82) is 5.26 Å². The molecule has 0 unspecified atom stereocenters. The van der Waals surface area contributed by atoms with Crippen molar-refractivity contribution in [3.05, 3.63) is 34.9 Å². The molecular weight excluding hydrogens is 222 g/mol. The van der Waals surface area contributed by atoms with Crippen LogP contribution >= 0.6 is 0 Å². The second kappa shape index (κ2) is 5.50. The molecule has 86 valence electrons. The van der Waals surface area contributed by atoms with E-state index in [1.807, 2.05) is 0 Å². The molecule has 0 saturated carbocycles. The molecule has 0 aliphatic rings. The van der Waals surface area contributed by atoms with Crippen LogP contribution in [0.15, 0.2) is 18.2 Å². The third kappa shape index (κ3) is 2.96. The van der Waals surface area contributed by atoms with Gasteiger partial charge in [0.15, 0.2) is 0 Å². The van der Waals surface area contributed by atoms with Gasteiger partial charge >= 0.3 is 0 Å². The standard InChI is InChI=1S/C11H9F4N/c12-10(13)8-3-4-9(11(14)15)7(6-8)2-1-5-16/h3-4,6,10-11H,1-2H2. The molecule has 1 nitrogen and oxygen atoms in total. The van der Waals surface area contributed by atoms with Gasteiger partial charge in [-0.2, -0.15) is 5.26 Å². The third-order valence-corrected chi connectivity index (χ3v) is 2.16. The molecule has 0 spiro atoms. The fourth-order valence-corrected chi connectivity index (χ4v) is 1.38. The highest BCUT2D eigenvalue weighted by Gasteiger charge is 2.16. The molecule has 0 N–H and O–H groups in total. The average molecular weight is 231 g/mol. The van der Waals surface area contributed by atoms with Gasteiger partial charge in [0.1, 0.15) is 0 Å². The van der Waals surface area contributed by atoms with Crippen LogP contribution in [0.3, 0.4) is 0 Å². The lowest BCUT2D eigenvalue weighted by molar-refractivity contribution is 0.146. The molecular formula is C11H9F4N. The summed E-state index contributed by atoms with van der Waals surface area (Å²) in [6, 6.07) is 4.83. The molecule has 0 saturated heterocycles. The van der Waals surface area contributed by atoms with Crippen molar-refractivity contribution >= 4 is 0 Å². The van der Waals surface area contributed by atoms with E-state index in [0.29, 0.717) is 0 Å². The highest BCUT2D eigenvalue weighted by Crippen LogP contribution is 2.28. The molecule has 1 rings (SSSR count). The summed E-state index contributed by atoms with van der Waals surface area (Å²) in [5.41, 5.74) is -0.452. The van der Waals surface area contributed by atoms with Crippen LogP contribution in [0.5, 0.6) is 0 Å². The smallest absolute Gasteiger partial charge is 0.205 e. The van der Waals surface area contributed by atoms with Crippen molar-refractivity contribution in [2.24, 2.45) is 0 Å². The van der Waals surface area contributed by atoms with Gasteiger partial charge < -0.3 is 0 Å². The van der Waals surface area contributed by atoms with Crippen LogP contribution in [0.2, 0.25) is 0 Å². The summed E-state index contributed by atoms with van der Waals surface area (Å²) in [4.78, 5) is 0. The van der Waals surface area contributed by atoms with Crippen molar-refractivity contribution in [2.75, 3.05) is 0 Å². The zero-order valence-corrected chi connectivity index (χ0v) is 8.26. The van der Waals surface area contributed by atoms with E-state index in [4.69, 9.17) is 5.26 Å². The SMILES string of the molecule is N#CCCc1cc(C(F)F)ccc1C(F)F. The molecule has 0 aliphatic heterocycles. The second-order valence-electron chi connectivity index (χ2n) is 3.22. The van der Waals surface area contributed by atoms with Crippen molar-refractivity contribution in [3.8, 4) is 6.07 Å².